The van der Waals surface area contributed by atoms with Crippen LogP contribution in [-0.4, -0.2) is 41.2 Å². The minimum absolute atomic E-state index is 0.179. The van der Waals surface area contributed by atoms with E-state index in [0.29, 0.717) is 29.1 Å². The molecule has 1 fully saturated rings. The quantitative estimate of drug-likeness (QED) is 0.873. The first-order valence-electron chi connectivity index (χ1n) is 7.70. The van der Waals surface area contributed by atoms with Gasteiger partial charge in [0.25, 0.3) is 11.8 Å². The zero-order valence-corrected chi connectivity index (χ0v) is 13.5. The Kier molecular flexibility index (Phi) is 3.57. The van der Waals surface area contributed by atoms with Crippen LogP contribution in [0.4, 0.5) is 5.69 Å². The van der Waals surface area contributed by atoms with Crippen LogP contribution in [0.5, 0.6) is 0 Å². The van der Waals surface area contributed by atoms with Crippen molar-refractivity contribution < 1.29 is 14.4 Å². The van der Waals surface area contributed by atoms with E-state index < -0.39 is 12.1 Å². The third-order valence-electron chi connectivity index (χ3n) is 4.40. The summed E-state index contributed by atoms with van der Waals surface area (Å²) in [5, 5.41) is 7.54. The van der Waals surface area contributed by atoms with Gasteiger partial charge in [0.05, 0.1) is 22.2 Å². The predicted molar refractivity (Wildman–Crippen MR) is 90.1 cm³/mol. The van der Waals surface area contributed by atoms with Crippen molar-refractivity contribution in [2.45, 2.75) is 18.5 Å². The number of nitrogens with zero attached hydrogens (tertiary/aromatic N) is 1. The lowest BCUT2D eigenvalue weighted by atomic mass is 10.1. The summed E-state index contributed by atoms with van der Waals surface area (Å²) in [5.41, 5.74) is 1.00. The summed E-state index contributed by atoms with van der Waals surface area (Å²) >= 11 is 1.35. The van der Waals surface area contributed by atoms with Gasteiger partial charge in [-0.2, -0.15) is 0 Å². The molecule has 0 unspecified atom stereocenters. The van der Waals surface area contributed by atoms with Gasteiger partial charge in [-0.1, -0.05) is 18.2 Å². The second-order valence-electron chi connectivity index (χ2n) is 5.82. The molecule has 7 heteroatoms. The molecule has 1 saturated heterocycles. The van der Waals surface area contributed by atoms with Gasteiger partial charge in [-0.15, -0.1) is 11.3 Å². The molecule has 1 aromatic heterocycles. The average Bonchev–Trinajstić information content (AvgIpc) is 3.22. The van der Waals surface area contributed by atoms with E-state index in [-0.39, 0.29) is 17.7 Å². The number of amides is 3. The molecule has 2 aliphatic heterocycles. The Morgan fingerprint density at radius 3 is 2.83 bits per heavy atom. The Labute approximate surface area is 142 Å². The van der Waals surface area contributed by atoms with E-state index in [1.807, 2.05) is 5.38 Å². The predicted octanol–water partition coefficient (Wildman–Crippen LogP) is 1.71. The molecule has 0 spiro atoms. The van der Waals surface area contributed by atoms with Crippen molar-refractivity contribution >= 4 is 34.7 Å². The van der Waals surface area contributed by atoms with Crippen LogP contribution in [0.3, 0.4) is 0 Å². The van der Waals surface area contributed by atoms with Crippen molar-refractivity contribution in [3.63, 3.8) is 0 Å². The maximum atomic E-state index is 12.7. The van der Waals surface area contributed by atoms with Crippen LogP contribution < -0.4 is 10.6 Å². The van der Waals surface area contributed by atoms with Gasteiger partial charge in [0.15, 0.2) is 0 Å². The lowest BCUT2D eigenvalue weighted by Gasteiger charge is -2.24. The Hall–Kier alpha value is -2.67. The fourth-order valence-electron chi connectivity index (χ4n) is 3.28. The van der Waals surface area contributed by atoms with Gasteiger partial charge in [-0.25, -0.2) is 0 Å². The van der Waals surface area contributed by atoms with E-state index in [1.54, 1.807) is 41.3 Å². The lowest BCUT2D eigenvalue weighted by Crippen LogP contribution is -2.51. The normalized spacial score (nSPS) is 22.4. The highest BCUT2D eigenvalue weighted by atomic mass is 32.1. The number of anilines is 1. The molecule has 0 bridgehead atoms. The average molecular weight is 341 g/mol. The zero-order valence-electron chi connectivity index (χ0n) is 12.7. The minimum atomic E-state index is -0.686. The van der Waals surface area contributed by atoms with E-state index in [1.165, 1.54) is 11.3 Å². The first-order valence-corrected chi connectivity index (χ1v) is 8.58. The van der Waals surface area contributed by atoms with Crippen LogP contribution in [0.1, 0.15) is 26.5 Å². The third-order valence-corrected chi connectivity index (χ3v) is 5.27. The van der Waals surface area contributed by atoms with Crippen LogP contribution in [0.25, 0.3) is 0 Å². The molecule has 3 heterocycles. The number of para-hydroxylation sites is 1. The fourth-order valence-corrected chi connectivity index (χ4v) is 3.91. The second-order valence-corrected chi connectivity index (χ2v) is 6.77. The van der Waals surface area contributed by atoms with Gasteiger partial charge < -0.3 is 15.5 Å². The first kappa shape index (κ1) is 14.9. The summed E-state index contributed by atoms with van der Waals surface area (Å²) in [6, 6.07) is 9.44. The van der Waals surface area contributed by atoms with Crippen molar-refractivity contribution in [1.82, 2.24) is 10.2 Å². The number of thiophene rings is 1. The van der Waals surface area contributed by atoms with Gasteiger partial charge >= 0.3 is 0 Å². The van der Waals surface area contributed by atoms with Crippen LogP contribution in [0.2, 0.25) is 0 Å². The van der Waals surface area contributed by atoms with Crippen LogP contribution in [0, 0.1) is 0 Å². The molecule has 0 radical (unpaired) electrons. The second kappa shape index (κ2) is 5.76. The maximum Gasteiger partial charge on any atom is 0.261 e. The topological polar surface area (TPSA) is 78.5 Å². The Bertz CT molecular complexity index is 818. The molecule has 4 rings (SSSR count). The molecule has 6 nitrogen and oxygen atoms in total. The summed E-state index contributed by atoms with van der Waals surface area (Å²) in [6.07, 6.45) is 0.559. The van der Waals surface area contributed by atoms with Crippen LogP contribution >= 0.6 is 11.3 Å². The molecule has 122 valence electrons. The summed E-state index contributed by atoms with van der Waals surface area (Å²) < 4.78 is 0. The van der Waals surface area contributed by atoms with Gasteiger partial charge in [-0.05, 0) is 30.0 Å². The van der Waals surface area contributed by atoms with Crippen LogP contribution in [0.15, 0.2) is 41.8 Å². The van der Waals surface area contributed by atoms with E-state index in [0.717, 1.165) is 0 Å². The van der Waals surface area contributed by atoms with Gasteiger partial charge in [0.2, 0.25) is 5.91 Å². The van der Waals surface area contributed by atoms with E-state index in [9.17, 15) is 14.4 Å². The molecule has 0 aliphatic carbocycles. The summed E-state index contributed by atoms with van der Waals surface area (Å²) in [6.45, 7) is 0.445. The molecule has 2 N–H and O–H groups in total. The molecular weight excluding hydrogens is 326 g/mol. The van der Waals surface area contributed by atoms with E-state index >= 15 is 0 Å². The highest BCUT2D eigenvalue weighted by molar-refractivity contribution is 7.12. The number of rotatable bonds is 2. The highest BCUT2D eigenvalue weighted by Crippen LogP contribution is 2.29. The van der Waals surface area contributed by atoms with Gasteiger partial charge in [0, 0.05) is 6.54 Å². The molecule has 24 heavy (non-hydrogen) atoms. The standard InChI is InChI=1S/C17H15N3O3S/c21-15(13-6-3-9-24-13)19-12-7-8-20-14(12)16(22)18-11-5-2-1-4-10(11)17(20)23/h1-6,9,12,14H,7-8H2,(H,18,22)(H,19,21)/t12-,14-/m0/s1. The lowest BCUT2D eigenvalue weighted by molar-refractivity contribution is -0.120. The largest absolute Gasteiger partial charge is 0.346 e. The molecule has 0 saturated carbocycles. The van der Waals surface area contributed by atoms with Crippen molar-refractivity contribution in [2.75, 3.05) is 11.9 Å². The molecule has 2 aromatic rings. The first-order chi connectivity index (χ1) is 11.6. The molecular formula is C17H15N3O3S. The van der Waals surface area contributed by atoms with Crippen molar-refractivity contribution in [1.29, 1.82) is 0 Å². The third kappa shape index (κ3) is 2.37. The van der Waals surface area contributed by atoms with Gasteiger partial charge in [0.1, 0.15) is 6.04 Å². The van der Waals surface area contributed by atoms with Crippen molar-refractivity contribution in [3.8, 4) is 0 Å². The Morgan fingerprint density at radius 2 is 2.04 bits per heavy atom. The Balaban J connectivity index is 1.61. The maximum absolute atomic E-state index is 12.7. The summed E-state index contributed by atoms with van der Waals surface area (Å²) in [5.74, 6) is -0.650. The number of nitrogens with one attached hydrogen (secondary N) is 2. The van der Waals surface area contributed by atoms with Crippen molar-refractivity contribution in [2.24, 2.45) is 0 Å². The molecule has 1 aromatic carbocycles. The minimum Gasteiger partial charge on any atom is -0.346 e. The number of benzene rings is 1. The number of carbonyl (C=O) groups is 3. The zero-order chi connectivity index (χ0) is 16.7. The number of carbonyl (C=O) groups excluding carboxylic acids is 3. The fraction of sp³-hybridized carbons (Fsp3) is 0.235. The molecule has 3 amide bonds. The number of hydrogen-bond acceptors (Lipinski definition) is 4. The van der Waals surface area contributed by atoms with Gasteiger partial charge in [-0.3, -0.25) is 14.4 Å². The van der Waals surface area contributed by atoms with E-state index in [4.69, 9.17) is 0 Å². The number of fused-ring (bicyclic) bond motifs is 2. The molecule has 2 aliphatic rings. The summed E-state index contributed by atoms with van der Waals surface area (Å²) in [4.78, 5) is 39.8. The van der Waals surface area contributed by atoms with Crippen LogP contribution in [-0.2, 0) is 4.79 Å². The molecule has 2 atom stereocenters. The highest BCUT2D eigenvalue weighted by Gasteiger charge is 2.45. The monoisotopic (exact) mass is 341 g/mol. The van der Waals surface area contributed by atoms with Crippen molar-refractivity contribution in [3.05, 3.63) is 52.2 Å². The SMILES string of the molecule is O=C(N[C@H]1CCN2C(=O)c3ccccc3NC(=O)[C@H]12)c1cccs1. The van der Waals surface area contributed by atoms with E-state index in [2.05, 4.69) is 10.6 Å². The number of hydrogen-bond donors (Lipinski definition) is 2. The summed E-state index contributed by atoms with van der Waals surface area (Å²) in [7, 11) is 0. The smallest absolute Gasteiger partial charge is 0.261 e. The Morgan fingerprint density at radius 1 is 1.21 bits per heavy atom.